The van der Waals surface area contributed by atoms with Crippen molar-refractivity contribution in [2.24, 2.45) is 0 Å². The second-order valence-corrected chi connectivity index (χ2v) is 4.79. The molecular weight excluding hydrogens is 238 g/mol. The number of carboxylic acids is 1. The van der Waals surface area contributed by atoms with Crippen LogP contribution in [0.1, 0.15) is 12.8 Å². The van der Waals surface area contributed by atoms with Gasteiger partial charge in [-0.3, -0.25) is 0 Å². The Morgan fingerprint density at radius 3 is 2.72 bits per heavy atom. The highest BCUT2D eigenvalue weighted by atomic mass is 16.4. The van der Waals surface area contributed by atoms with E-state index in [2.05, 4.69) is 5.32 Å². The number of amides is 2. The molecule has 0 bridgehead atoms. The van der Waals surface area contributed by atoms with Crippen LogP contribution in [0.2, 0.25) is 0 Å². The normalized spacial score (nSPS) is 21.1. The van der Waals surface area contributed by atoms with Crippen molar-refractivity contribution >= 4 is 12.0 Å². The van der Waals surface area contributed by atoms with Gasteiger partial charge in [0.25, 0.3) is 0 Å². The zero-order chi connectivity index (χ0) is 13.7. The van der Waals surface area contributed by atoms with Crippen LogP contribution in [-0.2, 0) is 4.79 Å². The van der Waals surface area contributed by atoms with Crippen molar-refractivity contribution in [2.45, 2.75) is 25.0 Å². The van der Waals surface area contributed by atoms with E-state index in [0.717, 1.165) is 19.4 Å². The molecule has 1 aliphatic rings. The lowest BCUT2D eigenvalue weighted by molar-refractivity contribution is -0.146. The molecule has 18 heavy (non-hydrogen) atoms. The summed E-state index contributed by atoms with van der Waals surface area (Å²) < 4.78 is 0. The first-order chi connectivity index (χ1) is 8.41. The number of carbonyl (C=O) groups is 2. The number of carbonyl (C=O) groups excluding carboxylic acids is 1. The van der Waals surface area contributed by atoms with Crippen LogP contribution in [0.25, 0.3) is 0 Å². The number of carboxylic acid groups (broad SMARTS) is 1. The highest BCUT2D eigenvalue weighted by Crippen LogP contribution is 2.17. The van der Waals surface area contributed by atoms with Crippen molar-refractivity contribution in [1.82, 2.24) is 15.1 Å². The molecule has 0 aliphatic carbocycles. The predicted octanol–water partition coefficient (Wildman–Crippen LogP) is -0.832. The molecule has 1 rings (SSSR count). The number of rotatable bonds is 5. The summed E-state index contributed by atoms with van der Waals surface area (Å²) in [6.45, 7) is 1.20. The van der Waals surface area contributed by atoms with Crippen molar-refractivity contribution in [2.75, 3.05) is 33.7 Å². The predicted molar refractivity (Wildman–Crippen MR) is 65.3 cm³/mol. The molecule has 2 amide bonds. The number of likely N-dealkylation sites (N-methyl/N-ethyl adjacent to an activating group) is 1. The first-order valence-corrected chi connectivity index (χ1v) is 6.02. The van der Waals surface area contributed by atoms with E-state index < -0.39 is 12.1 Å². The van der Waals surface area contributed by atoms with E-state index in [1.807, 2.05) is 19.0 Å². The molecule has 0 aromatic heterocycles. The second kappa shape index (κ2) is 6.55. The summed E-state index contributed by atoms with van der Waals surface area (Å²) in [6.07, 6.45) is 0.351. The van der Waals surface area contributed by atoms with Crippen LogP contribution in [0.5, 0.6) is 0 Å². The Morgan fingerprint density at radius 2 is 2.17 bits per heavy atom. The van der Waals surface area contributed by atoms with E-state index in [0.29, 0.717) is 6.54 Å². The van der Waals surface area contributed by atoms with Crippen LogP contribution in [0, 0.1) is 0 Å². The quantitative estimate of drug-likeness (QED) is 0.599. The van der Waals surface area contributed by atoms with Gasteiger partial charge < -0.3 is 25.3 Å². The van der Waals surface area contributed by atoms with Crippen molar-refractivity contribution in [3.05, 3.63) is 0 Å². The van der Waals surface area contributed by atoms with Crippen LogP contribution >= 0.6 is 0 Å². The van der Waals surface area contributed by atoms with E-state index in [1.165, 1.54) is 0 Å². The zero-order valence-electron chi connectivity index (χ0n) is 10.8. The highest BCUT2D eigenvalue weighted by molar-refractivity contribution is 5.77. The molecule has 1 unspecified atom stereocenters. The van der Waals surface area contributed by atoms with Gasteiger partial charge in [-0.05, 0) is 26.9 Å². The molecule has 7 heteroatoms. The maximum Gasteiger partial charge on any atom is 0.334 e. The molecule has 1 aliphatic heterocycles. The fourth-order valence-corrected chi connectivity index (χ4v) is 2.09. The van der Waals surface area contributed by atoms with Gasteiger partial charge in [0.15, 0.2) is 6.10 Å². The Hall–Kier alpha value is -1.34. The Kier molecular flexibility index (Phi) is 5.36. The summed E-state index contributed by atoms with van der Waals surface area (Å²) in [5.74, 6) is -1.33. The fraction of sp³-hybridized carbons (Fsp3) is 0.818. The van der Waals surface area contributed by atoms with Gasteiger partial charge in [-0.25, -0.2) is 9.59 Å². The third-order valence-electron chi connectivity index (χ3n) is 2.95. The van der Waals surface area contributed by atoms with Crippen molar-refractivity contribution in [1.29, 1.82) is 0 Å². The van der Waals surface area contributed by atoms with Crippen molar-refractivity contribution in [3.63, 3.8) is 0 Å². The lowest BCUT2D eigenvalue weighted by Crippen LogP contribution is -2.48. The summed E-state index contributed by atoms with van der Waals surface area (Å²) >= 11 is 0. The molecule has 0 saturated carbocycles. The Bertz CT molecular complexity index is 309. The molecule has 1 fully saturated rings. The van der Waals surface area contributed by atoms with E-state index >= 15 is 0 Å². The topological polar surface area (TPSA) is 93.1 Å². The molecule has 0 aromatic rings. The van der Waals surface area contributed by atoms with Crippen LogP contribution in [0.15, 0.2) is 0 Å². The summed E-state index contributed by atoms with van der Waals surface area (Å²) in [5.41, 5.74) is 0. The molecule has 0 aromatic carbocycles. The van der Waals surface area contributed by atoms with Gasteiger partial charge in [0.05, 0.1) is 6.54 Å². The van der Waals surface area contributed by atoms with Gasteiger partial charge in [0.2, 0.25) is 0 Å². The lowest BCUT2D eigenvalue weighted by atomic mass is 10.2. The zero-order valence-corrected chi connectivity index (χ0v) is 10.8. The smallest absolute Gasteiger partial charge is 0.334 e. The number of hydrogen-bond donors (Lipinski definition) is 3. The summed E-state index contributed by atoms with van der Waals surface area (Å²) in [4.78, 5) is 26.0. The fourth-order valence-electron chi connectivity index (χ4n) is 2.09. The van der Waals surface area contributed by atoms with E-state index in [1.54, 1.807) is 4.90 Å². The van der Waals surface area contributed by atoms with Crippen molar-refractivity contribution in [3.8, 4) is 0 Å². The Morgan fingerprint density at radius 1 is 1.50 bits per heavy atom. The van der Waals surface area contributed by atoms with Gasteiger partial charge in [-0.2, -0.15) is 0 Å². The van der Waals surface area contributed by atoms with E-state index in [-0.39, 0.29) is 18.6 Å². The van der Waals surface area contributed by atoms with Gasteiger partial charge >= 0.3 is 12.0 Å². The Balaban J connectivity index is 2.42. The van der Waals surface area contributed by atoms with Gasteiger partial charge in [0.1, 0.15) is 0 Å². The van der Waals surface area contributed by atoms with E-state index in [4.69, 9.17) is 10.2 Å². The molecule has 7 nitrogen and oxygen atoms in total. The largest absolute Gasteiger partial charge is 0.479 e. The first-order valence-electron chi connectivity index (χ1n) is 6.02. The van der Waals surface area contributed by atoms with Gasteiger partial charge in [-0.1, -0.05) is 0 Å². The number of aliphatic carboxylic acids is 1. The molecule has 0 spiro atoms. The maximum atomic E-state index is 11.9. The molecule has 104 valence electrons. The van der Waals surface area contributed by atoms with Gasteiger partial charge in [0, 0.05) is 19.1 Å². The third-order valence-corrected chi connectivity index (χ3v) is 2.95. The average Bonchev–Trinajstić information content (AvgIpc) is 2.72. The van der Waals surface area contributed by atoms with Gasteiger partial charge in [-0.15, -0.1) is 0 Å². The summed E-state index contributed by atoms with van der Waals surface area (Å²) in [5, 5.41) is 20.0. The monoisotopic (exact) mass is 259 g/mol. The Labute approximate surface area is 106 Å². The number of nitrogens with one attached hydrogen (secondary N) is 1. The number of aliphatic hydroxyl groups excluding tert-OH is 1. The second-order valence-electron chi connectivity index (χ2n) is 4.79. The molecule has 3 N–H and O–H groups in total. The first kappa shape index (κ1) is 14.7. The van der Waals surface area contributed by atoms with Crippen LogP contribution in [0.4, 0.5) is 4.79 Å². The summed E-state index contributed by atoms with van der Waals surface area (Å²) in [6, 6.07) is -0.151. The van der Waals surface area contributed by atoms with Crippen LogP contribution < -0.4 is 5.32 Å². The van der Waals surface area contributed by atoms with E-state index in [9.17, 15) is 9.59 Å². The minimum absolute atomic E-state index is 0.155. The molecule has 1 heterocycles. The number of nitrogens with zero attached hydrogens (tertiary/aromatic N) is 2. The SMILES string of the molecule is CN(C)CC1CCCN1C(=O)NC[C@H](O)C(=O)O. The molecule has 1 saturated heterocycles. The van der Waals surface area contributed by atoms with Crippen molar-refractivity contribution < 1.29 is 19.8 Å². The average molecular weight is 259 g/mol. The number of likely N-dealkylation sites (tertiary alicyclic amines) is 1. The minimum atomic E-state index is -1.55. The molecule has 2 atom stereocenters. The summed E-state index contributed by atoms with van der Waals surface area (Å²) in [7, 11) is 3.89. The van der Waals surface area contributed by atoms with Crippen LogP contribution in [-0.4, -0.2) is 77.9 Å². The number of urea groups is 1. The maximum absolute atomic E-state index is 11.9. The number of hydrogen-bond acceptors (Lipinski definition) is 4. The standard InChI is InChI=1S/C11H21N3O4/c1-13(2)7-8-4-3-5-14(8)11(18)12-6-9(15)10(16)17/h8-9,15H,3-7H2,1-2H3,(H,12,18)(H,16,17)/t8?,9-/m0/s1. The molecular formula is C11H21N3O4. The highest BCUT2D eigenvalue weighted by Gasteiger charge is 2.29. The molecule has 0 radical (unpaired) electrons. The lowest BCUT2D eigenvalue weighted by Gasteiger charge is -2.27. The van der Waals surface area contributed by atoms with Crippen LogP contribution in [0.3, 0.4) is 0 Å². The number of aliphatic hydroxyl groups is 1. The minimum Gasteiger partial charge on any atom is -0.479 e. The third kappa shape index (κ3) is 4.15.